The van der Waals surface area contributed by atoms with Crippen molar-refractivity contribution < 1.29 is 4.42 Å². The highest BCUT2D eigenvalue weighted by atomic mass is 16.3. The van der Waals surface area contributed by atoms with Gasteiger partial charge in [0.2, 0.25) is 0 Å². The van der Waals surface area contributed by atoms with E-state index in [1.165, 1.54) is 0 Å². The van der Waals surface area contributed by atoms with Crippen LogP contribution in [0.25, 0.3) is 11.0 Å². The van der Waals surface area contributed by atoms with Crippen molar-refractivity contribution in [3.63, 3.8) is 0 Å². The van der Waals surface area contributed by atoms with Crippen LogP contribution in [0.5, 0.6) is 0 Å². The molecular formula is C13H18O. The van der Waals surface area contributed by atoms with Crippen LogP contribution >= 0.6 is 0 Å². The summed E-state index contributed by atoms with van der Waals surface area (Å²) in [6.45, 7) is 8.75. The first-order chi connectivity index (χ1) is 6.47. The summed E-state index contributed by atoms with van der Waals surface area (Å²) in [4.78, 5) is 0. The molecule has 1 aromatic carbocycles. The number of para-hydroxylation sites is 1. The molecule has 0 amide bonds. The van der Waals surface area contributed by atoms with Gasteiger partial charge in [-0.2, -0.15) is 0 Å². The van der Waals surface area contributed by atoms with Gasteiger partial charge in [0.15, 0.2) is 0 Å². The average Bonchev–Trinajstić information content (AvgIpc) is 2.47. The molecule has 0 unspecified atom stereocenters. The zero-order valence-corrected chi connectivity index (χ0v) is 9.37. The Balaban J connectivity index is 0.000000171. The van der Waals surface area contributed by atoms with Gasteiger partial charge in [-0.05, 0) is 17.5 Å². The quantitative estimate of drug-likeness (QED) is 0.596. The number of hydrogen-bond acceptors (Lipinski definition) is 1. The summed E-state index contributed by atoms with van der Waals surface area (Å²) in [5.41, 5.74) is 1.46. The molecule has 0 radical (unpaired) electrons. The maximum absolute atomic E-state index is 5.12. The van der Waals surface area contributed by atoms with Crippen molar-refractivity contribution in [2.24, 2.45) is 5.41 Å². The Morgan fingerprint density at radius 2 is 1.50 bits per heavy atom. The van der Waals surface area contributed by atoms with E-state index < -0.39 is 0 Å². The van der Waals surface area contributed by atoms with Crippen LogP contribution < -0.4 is 0 Å². The van der Waals surface area contributed by atoms with Crippen molar-refractivity contribution in [3.05, 3.63) is 36.6 Å². The van der Waals surface area contributed by atoms with Crippen LogP contribution in [-0.4, -0.2) is 0 Å². The van der Waals surface area contributed by atoms with Crippen LogP contribution in [0.4, 0.5) is 0 Å². The first-order valence-electron chi connectivity index (χ1n) is 4.89. The van der Waals surface area contributed by atoms with Crippen molar-refractivity contribution in [1.82, 2.24) is 0 Å². The van der Waals surface area contributed by atoms with Crippen molar-refractivity contribution >= 4 is 11.0 Å². The Kier molecular flexibility index (Phi) is 3.34. The molecule has 0 aliphatic carbocycles. The summed E-state index contributed by atoms with van der Waals surface area (Å²) in [6, 6.07) is 9.90. The lowest BCUT2D eigenvalue weighted by Crippen LogP contribution is -1.93. The molecule has 76 valence electrons. The topological polar surface area (TPSA) is 13.1 Å². The van der Waals surface area contributed by atoms with E-state index in [-0.39, 0.29) is 0 Å². The average molecular weight is 190 g/mol. The van der Waals surface area contributed by atoms with Gasteiger partial charge in [-0.15, -0.1) is 0 Å². The van der Waals surface area contributed by atoms with E-state index in [9.17, 15) is 0 Å². The number of benzene rings is 1. The summed E-state index contributed by atoms with van der Waals surface area (Å²) in [7, 11) is 0. The molecule has 0 bridgehead atoms. The first kappa shape index (κ1) is 10.8. The standard InChI is InChI=1S/C8H6O.C5H12/c1-2-4-8-7(3-1)5-6-9-8;1-5(2,3)4/h1-6H;1-4H3. The minimum Gasteiger partial charge on any atom is -0.464 e. The van der Waals surface area contributed by atoms with Gasteiger partial charge in [-0.25, -0.2) is 0 Å². The summed E-state index contributed by atoms with van der Waals surface area (Å²) in [5, 5.41) is 1.16. The molecule has 0 aliphatic heterocycles. The minimum atomic E-state index is 0.500. The highest BCUT2D eigenvalue weighted by molar-refractivity contribution is 5.76. The second-order valence-electron chi connectivity index (χ2n) is 4.96. The van der Waals surface area contributed by atoms with E-state index in [2.05, 4.69) is 27.7 Å². The zero-order valence-electron chi connectivity index (χ0n) is 9.37. The number of hydrogen-bond donors (Lipinski definition) is 0. The summed E-state index contributed by atoms with van der Waals surface area (Å²) in [6.07, 6.45) is 1.70. The predicted molar refractivity (Wildman–Crippen MR) is 61.3 cm³/mol. The number of furan rings is 1. The van der Waals surface area contributed by atoms with Crippen LogP contribution in [-0.2, 0) is 0 Å². The third kappa shape index (κ3) is 4.13. The lowest BCUT2D eigenvalue weighted by atomic mass is 10.0. The molecule has 0 fully saturated rings. The normalized spacial score (nSPS) is 10.9. The lowest BCUT2D eigenvalue weighted by molar-refractivity contribution is 0.469. The molecule has 0 aliphatic rings. The van der Waals surface area contributed by atoms with Crippen LogP contribution in [0.15, 0.2) is 41.0 Å². The van der Waals surface area contributed by atoms with Crippen molar-refractivity contribution in [1.29, 1.82) is 0 Å². The van der Waals surface area contributed by atoms with E-state index in [4.69, 9.17) is 4.42 Å². The fourth-order valence-electron chi connectivity index (χ4n) is 0.906. The van der Waals surface area contributed by atoms with E-state index in [0.29, 0.717) is 5.41 Å². The van der Waals surface area contributed by atoms with Gasteiger partial charge in [0.25, 0.3) is 0 Å². The Bertz CT molecular complexity index is 343. The van der Waals surface area contributed by atoms with E-state index >= 15 is 0 Å². The van der Waals surface area contributed by atoms with E-state index in [1.54, 1.807) is 6.26 Å². The molecule has 1 aromatic heterocycles. The molecule has 1 nitrogen and oxygen atoms in total. The summed E-state index contributed by atoms with van der Waals surface area (Å²) in [5.74, 6) is 0. The van der Waals surface area contributed by atoms with Gasteiger partial charge in [-0.1, -0.05) is 45.9 Å². The van der Waals surface area contributed by atoms with Crippen molar-refractivity contribution in [2.45, 2.75) is 27.7 Å². The van der Waals surface area contributed by atoms with Crippen molar-refractivity contribution in [3.8, 4) is 0 Å². The monoisotopic (exact) mass is 190 g/mol. The Labute approximate surface area is 85.7 Å². The SMILES string of the molecule is CC(C)(C)C.c1ccc2occc2c1. The third-order valence-corrected chi connectivity index (χ3v) is 1.36. The van der Waals surface area contributed by atoms with Gasteiger partial charge in [-0.3, -0.25) is 0 Å². The van der Waals surface area contributed by atoms with E-state index in [0.717, 1.165) is 11.0 Å². The molecule has 14 heavy (non-hydrogen) atoms. The maximum Gasteiger partial charge on any atom is 0.133 e. The largest absolute Gasteiger partial charge is 0.464 e. The van der Waals surface area contributed by atoms with Crippen LogP contribution in [0, 0.1) is 5.41 Å². The second-order valence-corrected chi connectivity index (χ2v) is 4.96. The van der Waals surface area contributed by atoms with Crippen molar-refractivity contribution in [2.75, 3.05) is 0 Å². The van der Waals surface area contributed by atoms with Gasteiger partial charge >= 0.3 is 0 Å². The number of rotatable bonds is 0. The fourth-order valence-corrected chi connectivity index (χ4v) is 0.906. The predicted octanol–water partition coefficient (Wildman–Crippen LogP) is 4.49. The molecule has 0 saturated heterocycles. The summed E-state index contributed by atoms with van der Waals surface area (Å²) >= 11 is 0. The van der Waals surface area contributed by atoms with Crippen LogP contribution in [0.2, 0.25) is 0 Å². The van der Waals surface area contributed by atoms with Gasteiger partial charge < -0.3 is 4.42 Å². The fraction of sp³-hybridized carbons (Fsp3) is 0.385. The maximum atomic E-state index is 5.12. The smallest absolute Gasteiger partial charge is 0.133 e. The molecule has 0 atom stereocenters. The molecular weight excluding hydrogens is 172 g/mol. The highest BCUT2D eigenvalue weighted by Crippen LogP contribution is 2.12. The van der Waals surface area contributed by atoms with Gasteiger partial charge in [0, 0.05) is 5.39 Å². The van der Waals surface area contributed by atoms with Crippen LogP contribution in [0.1, 0.15) is 27.7 Å². The highest BCUT2D eigenvalue weighted by Gasteiger charge is 1.95. The molecule has 0 saturated carbocycles. The van der Waals surface area contributed by atoms with Gasteiger partial charge in [0.1, 0.15) is 5.58 Å². The first-order valence-corrected chi connectivity index (χ1v) is 4.89. The molecule has 2 aromatic rings. The molecule has 2 rings (SSSR count). The molecule has 0 N–H and O–H groups in total. The van der Waals surface area contributed by atoms with E-state index in [1.807, 2.05) is 30.3 Å². The second kappa shape index (κ2) is 4.32. The molecule has 1 heterocycles. The third-order valence-electron chi connectivity index (χ3n) is 1.36. The van der Waals surface area contributed by atoms with Crippen LogP contribution in [0.3, 0.4) is 0 Å². The Morgan fingerprint density at radius 1 is 0.929 bits per heavy atom. The Morgan fingerprint density at radius 3 is 2.07 bits per heavy atom. The minimum absolute atomic E-state index is 0.500. The number of fused-ring (bicyclic) bond motifs is 1. The summed E-state index contributed by atoms with van der Waals surface area (Å²) < 4.78 is 5.12. The lowest BCUT2D eigenvalue weighted by Gasteiger charge is -2.05. The Hall–Kier alpha value is -1.24. The zero-order chi connectivity index (χ0) is 10.6. The molecule has 0 spiro atoms. The van der Waals surface area contributed by atoms with Gasteiger partial charge in [0.05, 0.1) is 6.26 Å². The molecule has 1 heteroatoms.